The fourth-order valence-electron chi connectivity index (χ4n) is 2.79. The average Bonchev–Trinajstić information content (AvgIpc) is 2.72. The van der Waals surface area contributed by atoms with Gasteiger partial charge in [-0.3, -0.25) is 9.48 Å². The molecule has 3 rings (SSSR count). The number of nitrogens with two attached hydrogens (primary N) is 1. The van der Waals surface area contributed by atoms with E-state index in [1.54, 1.807) is 6.07 Å². The Labute approximate surface area is 122 Å². The highest BCUT2D eigenvalue weighted by Gasteiger charge is 2.24. The van der Waals surface area contributed by atoms with Crippen molar-refractivity contribution in [1.82, 2.24) is 9.78 Å². The molecule has 108 valence electrons. The maximum Gasteiger partial charge on any atom is 0.295 e. The van der Waals surface area contributed by atoms with E-state index in [0.717, 1.165) is 28.1 Å². The van der Waals surface area contributed by atoms with Crippen molar-refractivity contribution in [2.75, 3.05) is 6.54 Å². The monoisotopic (exact) mass is 283 g/mol. The number of nitrogens with zero attached hydrogens (tertiary/aromatic N) is 4. The zero-order valence-electron chi connectivity index (χ0n) is 12.3. The Bertz CT molecular complexity index is 760. The van der Waals surface area contributed by atoms with E-state index in [2.05, 4.69) is 15.3 Å². The van der Waals surface area contributed by atoms with Crippen LogP contribution in [-0.2, 0) is 7.05 Å². The van der Waals surface area contributed by atoms with Gasteiger partial charge >= 0.3 is 0 Å². The Morgan fingerprint density at radius 1 is 1.33 bits per heavy atom. The maximum absolute atomic E-state index is 11.8. The van der Waals surface area contributed by atoms with Gasteiger partial charge in [-0.2, -0.15) is 10.2 Å². The minimum atomic E-state index is -0.305. The number of aryl methyl sites for hydroxylation is 2. The van der Waals surface area contributed by atoms with Crippen LogP contribution in [0.25, 0.3) is 11.1 Å². The lowest BCUT2D eigenvalue weighted by molar-refractivity contribution is 0.0985. The van der Waals surface area contributed by atoms with E-state index in [-0.39, 0.29) is 11.9 Å². The van der Waals surface area contributed by atoms with Crippen LogP contribution in [-0.4, -0.2) is 22.2 Å². The van der Waals surface area contributed by atoms with Crippen molar-refractivity contribution < 1.29 is 4.79 Å². The van der Waals surface area contributed by atoms with Crippen molar-refractivity contribution in [2.45, 2.75) is 19.9 Å². The highest BCUT2D eigenvalue weighted by atomic mass is 16.1. The molecule has 1 amide bonds. The Morgan fingerprint density at radius 2 is 2.10 bits per heavy atom. The summed E-state index contributed by atoms with van der Waals surface area (Å²) in [7, 11) is 1.92. The number of carbonyl (C=O) groups is 1. The standard InChI is InChI=1S/C15H17N5O/c1-8-14(9(2)20(3)19-8)10-4-5-11-12(6-10)13(7-16)17-18-15(11)21/h4-6,13H,7,16H2,1-3H3. The van der Waals surface area contributed by atoms with E-state index in [1.807, 2.05) is 37.7 Å². The summed E-state index contributed by atoms with van der Waals surface area (Å²) < 4.78 is 1.86. The van der Waals surface area contributed by atoms with Crippen LogP contribution in [0.1, 0.15) is 33.4 Å². The number of hydrogen-bond donors (Lipinski definition) is 1. The van der Waals surface area contributed by atoms with Crippen LogP contribution in [0, 0.1) is 13.8 Å². The molecule has 0 fully saturated rings. The molecule has 0 bridgehead atoms. The van der Waals surface area contributed by atoms with Gasteiger partial charge in [-0.1, -0.05) is 6.07 Å². The van der Waals surface area contributed by atoms with Crippen LogP contribution in [0.3, 0.4) is 0 Å². The molecule has 0 saturated carbocycles. The average molecular weight is 283 g/mol. The summed E-state index contributed by atoms with van der Waals surface area (Å²) >= 11 is 0. The molecule has 1 atom stereocenters. The number of rotatable bonds is 2. The number of carbonyl (C=O) groups excluding carboxylic acids is 1. The summed E-state index contributed by atoms with van der Waals surface area (Å²) in [5.41, 5.74) is 11.3. The first-order valence-corrected chi connectivity index (χ1v) is 6.82. The van der Waals surface area contributed by atoms with Crippen molar-refractivity contribution >= 4 is 5.91 Å². The lowest BCUT2D eigenvalue weighted by atomic mass is 9.93. The molecule has 0 radical (unpaired) electrons. The van der Waals surface area contributed by atoms with E-state index in [0.29, 0.717) is 12.1 Å². The molecule has 0 spiro atoms. The van der Waals surface area contributed by atoms with E-state index in [1.165, 1.54) is 0 Å². The molecule has 1 aromatic carbocycles. The summed E-state index contributed by atoms with van der Waals surface area (Å²) in [6.07, 6.45) is 0. The van der Waals surface area contributed by atoms with E-state index < -0.39 is 0 Å². The van der Waals surface area contributed by atoms with E-state index in [9.17, 15) is 4.79 Å². The highest BCUT2D eigenvalue weighted by Crippen LogP contribution is 2.33. The van der Waals surface area contributed by atoms with Crippen molar-refractivity contribution in [3.63, 3.8) is 0 Å². The van der Waals surface area contributed by atoms with Gasteiger partial charge in [-0.05, 0) is 37.1 Å². The summed E-state index contributed by atoms with van der Waals surface area (Å²) in [5.74, 6) is -0.305. The van der Waals surface area contributed by atoms with Gasteiger partial charge in [0.2, 0.25) is 0 Å². The summed E-state index contributed by atoms with van der Waals surface area (Å²) in [5, 5.41) is 12.1. The quantitative estimate of drug-likeness (QED) is 0.917. The topological polar surface area (TPSA) is 85.6 Å². The van der Waals surface area contributed by atoms with Crippen LogP contribution < -0.4 is 5.73 Å². The second-order valence-electron chi connectivity index (χ2n) is 5.24. The normalized spacial score (nSPS) is 17.1. The largest absolute Gasteiger partial charge is 0.328 e. The fraction of sp³-hybridized carbons (Fsp3) is 0.333. The fourth-order valence-corrected chi connectivity index (χ4v) is 2.79. The Morgan fingerprint density at radius 3 is 2.71 bits per heavy atom. The molecule has 6 heteroatoms. The first-order chi connectivity index (χ1) is 10.0. The molecule has 1 aliphatic heterocycles. The van der Waals surface area contributed by atoms with Crippen LogP contribution in [0.5, 0.6) is 0 Å². The van der Waals surface area contributed by atoms with Crippen molar-refractivity contribution in [1.29, 1.82) is 0 Å². The number of aromatic nitrogens is 2. The first-order valence-electron chi connectivity index (χ1n) is 6.82. The summed E-state index contributed by atoms with van der Waals surface area (Å²) in [4.78, 5) is 11.8. The highest BCUT2D eigenvalue weighted by molar-refractivity contribution is 5.97. The van der Waals surface area contributed by atoms with Crippen molar-refractivity contribution in [3.05, 3.63) is 40.7 Å². The van der Waals surface area contributed by atoms with Gasteiger partial charge in [-0.25, -0.2) is 0 Å². The zero-order valence-corrected chi connectivity index (χ0v) is 12.3. The van der Waals surface area contributed by atoms with Crippen LogP contribution >= 0.6 is 0 Å². The van der Waals surface area contributed by atoms with Crippen LogP contribution in [0.2, 0.25) is 0 Å². The molecule has 21 heavy (non-hydrogen) atoms. The minimum absolute atomic E-state index is 0.255. The number of benzene rings is 1. The second-order valence-corrected chi connectivity index (χ2v) is 5.24. The van der Waals surface area contributed by atoms with Gasteiger partial charge in [0, 0.05) is 30.4 Å². The number of azo groups is 1. The molecule has 2 heterocycles. The number of fused-ring (bicyclic) bond motifs is 1. The molecule has 0 aliphatic carbocycles. The predicted molar refractivity (Wildman–Crippen MR) is 79.1 cm³/mol. The van der Waals surface area contributed by atoms with Crippen LogP contribution in [0.15, 0.2) is 28.4 Å². The van der Waals surface area contributed by atoms with Gasteiger partial charge < -0.3 is 5.73 Å². The second kappa shape index (κ2) is 4.89. The predicted octanol–water partition coefficient (Wildman–Crippen LogP) is 2.31. The van der Waals surface area contributed by atoms with Gasteiger partial charge in [0.15, 0.2) is 0 Å². The van der Waals surface area contributed by atoms with E-state index >= 15 is 0 Å². The zero-order chi connectivity index (χ0) is 15.1. The summed E-state index contributed by atoms with van der Waals surface area (Å²) in [6.45, 7) is 4.34. The molecular weight excluding hydrogens is 266 g/mol. The third-order valence-electron chi connectivity index (χ3n) is 3.95. The Hall–Kier alpha value is -2.34. The molecule has 1 aliphatic rings. The molecule has 1 aromatic heterocycles. The lowest BCUT2D eigenvalue weighted by Crippen LogP contribution is -2.17. The number of hydrogen-bond acceptors (Lipinski definition) is 4. The minimum Gasteiger partial charge on any atom is -0.328 e. The van der Waals surface area contributed by atoms with E-state index in [4.69, 9.17) is 5.73 Å². The molecule has 2 N–H and O–H groups in total. The Kier molecular flexibility index (Phi) is 3.17. The summed E-state index contributed by atoms with van der Waals surface area (Å²) in [6, 6.07) is 5.47. The smallest absolute Gasteiger partial charge is 0.295 e. The van der Waals surface area contributed by atoms with Gasteiger partial charge in [-0.15, -0.1) is 5.11 Å². The van der Waals surface area contributed by atoms with Crippen molar-refractivity contribution in [2.24, 2.45) is 23.0 Å². The van der Waals surface area contributed by atoms with Crippen molar-refractivity contribution in [3.8, 4) is 11.1 Å². The maximum atomic E-state index is 11.8. The lowest BCUT2D eigenvalue weighted by Gasteiger charge is -2.17. The van der Waals surface area contributed by atoms with Gasteiger partial charge in [0.1, 0.15) is 6.04 Å². The SMILES string of the molecule is Cc1nn(C)c(C)c1-c1ccc2c(c1)C(CN)N=NC2=O. The number of amides is 1. The molecular formula is C15H17N5O. The third kappa shape index (κ3) is 2.08. The first kappa shape index (κ1) is 13.6. The van der Waals surface area contributed by atoms with Gasteiger partial charge in [0.25, 0.3) is 5.91 Å². The molecule has 6 nitrogen and oxygen atoms in total. The Balaban J connectivity index is 2.18. The molecule has 2 aromatic rings. The molecule has 1 unspecified atom stereocenters. The van der Waals surface area contributed by atoms with Crippen LogP contribution in [0.4, 0.5) is 0 Å². The molecule has 0 saturated heterocycles. The third-order valence-corrected chi connectivity index (χ3v) is 3.95. The van der Waals surface area contributed by atoms with Gasteiger partial charge in [0.05, 0.1) is 5.69 Å².